The van der Waals surface area contributed by atoms with Gasteiger partial charge in [0.05, 0.1) is 12.7 Å². The molecule has 0 saturated heterocycles. The highest BCUT2D eigenvalue weighted by Gasteiger charge is 2.19. The molecule has 3 nitrogen and oxygen atoms in total. The van der Waals surface area contributed by atoms with E-state index in [1.54, 1.807) is 0 Å². The van der Waals surface area contributed by atoms with Gasteiger partial charge in [0.2, 0.25) is 0 Å². The van der Waals surface area contributed by atoms with Crippen LogP contribution in [0.3, 0.4) is 0 Å². The third-order valence-electron chi connectivity index (χ3n) is 3.07. The highest BCUT2D eigenvalue weighted by atomic mass is 16.5. The van der Waals surface area contributed by atoms with E-state index in [0.717, 1.165) is 13.2 Å². The fourth-order valence-electron chi connectivity index (χ4n) is 1.27. The maximum atomic E-state index is 9.69. The lowest BCUT2D eigenvalue weighted by Crippen LogP contribution is -2.36. The van der Waals surface area contributed by atoms with Crippen LogP contribution < -0.4 is 5.32 Å². The number of hydrogen-bond acceptors (Lipinski definition) is 3. The molecule has 0 aromatic heterocycles. The highest BCUT2D eigenvalue weighted by molar-refractivity contribution is 4.72. The molecule has 0 aliphatic heterocycles. The van der Waals surface area contributed by atoms with Crippen molar-refractivity contribution in [2.45, 2.75) is 47.6 Å². The second kappa shape index (κ2) is 8.06. The highest BCUT2D eigenvalue weighted by Crippen LogP contribution is 2.24. The van der Waals surface area contributed by atoms with Crippen molar-refractivity contribution in [2.24, 2.45) is 17.3 Å². The molecule has 17 heavy (non-hydrogen) atoms. The molecular formula is C14H31NO2. The Kier molecular flexibility index (Phi) is 8.01. The van der Waals surface area contributed by atoms with Gasteiger partial charge in [-0.3, -0.25) is 0 Å². The molecule has 0 aliphatic rings. The van der Waals surface area contributed by atoms with Gasteiger partial charge in [-0.1, -0.05) is 41.5 Å². The monoisotopic (exact) mass is 245 g/mol. The van der Waals surface area contributed by atoms with Crippen LogP contribution in [0.4, 0.5) is 0 Å². The number of nitrogens with one attached hydrogen (secondary N) is 1. The fraction of sp³-hybridized carbons (Fsp3) is 1.00. The molecule has 3 heteroatoms. The molecule has 0 fully saturated rings. The van der Waals surface area contributed by atoms with Crippen LogP contribution in [-0.4, -0.2) is 37.5 Å². The second-order valence-corrected chi connectivity index (χ2v) is 6.51. The predicted molar refractivity (Wildman–Crippen MR) is 73.2 cm³/mol. The summed E-state index contributed by atoms with van der Waals surface area (Å²) in [6.45, 7) is 15.8. The van der Waals surface area contributed by atoms with Gasteiger partial charge in [0, 0.05) is 13.2 Å². The van der Waals surface area contributed by atoms with E-state index >= 15 is 0 Å². The first kappa shape index (κ1) is 16.9. The Morgan fingerprint density at radius 1 is 1.06 bits per heavy atom. The van der Waals surface area contributed by atoms with Crippen LogP contribution >= 0.6 is 0 Å². The molecule has 0 amide bonds. The molecule has 0 heterocycles. The van der Waals surface area contributed by atoms with Crippen LogP contribution in [0.2, 0.25) is 0 Å². The van der Waals surface area contributed by atoms with E-state index in [1.807, 2.05) is 0 Å². The topological polar surface area (TPSA) is 41.5 Å². The van der Waals surface area contributed by atoms with Gasteiger partial charge in [0.15, 0.2) is 0 Å². The van der Waals surface area contributed by atoms with E-state index in [4.69, 9.17) is 4.74 Å². The summed E-state index contributed by atoms with van der Waals surface area (Å²) in [6.07, 6.45) is -0.402. The Bertz CT molecular complexity index is 187. The minimum Gasteiger partial charge on any atom is -0.389 e. The van der Waals surface area contributed by atoms with Crippen LogP contribution in [0, 0.1) is 17.3 Å². The van der Waals surface area contributed by atoms with Crippen molar-refractivity contribution in [3.63, 3.8) is 0 Å². The standard InChI is InChI=1S/C14H31NO2/c1-11(2)9-17-10-13(16)8-15-7-12(3)14(4,5)6/h11-13,15-16H,7-10H2,1-6H3. The number of aliphatic hydroxyl groups is 1. The summed E-state index contributed by atoms with van der Waals surface area (Å²) < 4.78 is 5.39. The Labute approximate surface area is 107 Å². The van der Waals surface area contributed by atoms with Gasteiger partial charge in [-0.2, -0.15) is 0 Å². The van der Waals surface area contributed by atoms with Crippen LogP contribution in [0.15, 0.2) is 0 Å². The van der Waals surface area contributed by atoms with E-state index in [1.165, 1.54) is 0 Å². The normalized spacial score (nSPS) is 16.2. The van der Waals surface area contributed by atoms with Crippen molar-refractivity contribution in [1.29, 1.82) is 0 Å². The first-order valence-corrected chi connectivity index (χ1v) is 6.70. The third kappa shape index (κ3) is 9.57. The molecular weight excluding hydrogens is 214 g/mol. The zero-order valence-corrected chi connectivity index (χ0v) is 12.4. The summed E-state index contributed by atoms with van der Waals surface area (Å²) in [7, 11) is 0. The van der Waals surface area contributed by atoms with E-state index in [-0.39, 0.29) is 0 Å². The van der Waals surface area contributed by atoms with Crippen molar-refractivity contribution < 1.29 is 9.84 Å². The Balaban J connectivity index is 3.54. The van der Waals surface area contributed by atoms with Crippen LogP contribution in [-0.2, 0) is 4.74 Å². The minimum absolute atomic E-state index is 0.312. The van der Waals surface area contributed by atoms with E-state index in [0.29, 0.717) is 30.4 Å². The minimum atomic E-state index is -0.402. The molecule has 0 aliphatic carbocycles. The molecule has 2 unspecified atom stereocenters. The lowest BCUT2D eigenvalue weighted by molar-refractivity contribution is 0.0253. The first-order chi connectivity index (χ1) is 7.73. The van der Waals surface area contributed by atoms with Gasteiger partial charge in [0.25, 0.3) is 0 Å². The van der Waals surface area contributed by atoms with Crippen LogP contribution in [0.5, 0.6) is 0 Å². The van der Waals surface area contributed by atoms with Crippen LogP contribution in [0.25, 0.3) is 0 Å². The van der Waals surface area contributed by atoms with Crippen molar-refractivity contribution in [2.75, 3.05) is 26.3 Å². The zero-order chi connectivity index (χ0) is 13.5. The van der Waals surface area contributed by atoms with Crippen LogP contribution in [0.1, 0.15) is 41.5 Å². The van der Waals surface area contributed by atoms with E-state index in [2.05, 4.69) is 46.9 Å². The average Bonchev–Trinajstić information content (AvgIpc) is 2.15. The summed E-state index contributed by atoms with van der Waals surface area (Å²) in [5, 5.41) is 13.0. The molecule has 0 aromatic carbocycles. The molecule has 2 atom stereocenters. The molecule has 0 spiro atoms. The summed E-state index contributed by atoms with van der Waals surface area (Å²) in [5.74, 6) is 1.11. The molecule has 0 rings (SSSR count). The van der Waals surface area contributed by atoms with Gasteiger partial charge in [-0.25, -0.2) is 0 Å². The number of rotatable bonds is 8. The summed E-state index contributed by atoms with van der Waals surface area (Å²) in [6, 6.07) is 0. The molecule has 0 aromatic rings. The van der Waals surface area contributed by atoms with Gasteiger partial charge >= 0.3 is 0 Å². The third-order valence-corrected chi connectivity index (χ3v) is 3.07. The van der Waals surface area contributed by atoms with Gasteiger partial charge < -0.3 is 15.2 Å². The second-order valence-electron chi connectivity index (χ2n) is 6.51. The zero-order valence-electron chi connectivity index (χ0n) is 12.4. The van der Waals surface area contributed by atoms with E-state index in [9.17, 15) is 5.11 Å². The van der Waals surface area contributed by atoms with Gasteiger partial charge in [-0.05, 0) is 23.8 Å². The smallest absolute Gasteiger partial charge is 0.0897 e. The Morgan fingerprint density at radius 3 is 2.12 bits per heavy atom. The molecule has 0 saturated carbocycles. The van der Waals surface area contributed by atoms with Crippen molar-refractivity contribution in [1.82, 2.24) is 5.32 Å². The first-order valence-electron chi connectivity index (χ1n) is 6.70. The Morgan fingerprint density at radius 2 is 1.65 bits per heavy atom. The summed E-state index contributed by atoms with van der Waals surface area (Å²) >= 11 is 0. The number of ether oxygens (including phenoxy) is 1. The lowest BCUT2D eigenvalue weighted by atomic mass is 9.82. The summed E-state index contributed by atoms with van der Waals surface area (Å²) in [4.78, 5) is 0. The largest absolute Gasteiger partial charge is 0.389 e. The molecule has 2 N–H and O–H groups in total. The summed E-state index contributed by atoms with van der Waals surface area (Å²) in [5.41, 5.74) is 0.312. The maximum Gasteiger partial charge on any atom is 0.0897 e. The van der Waals surface area contributed by atoms with Gasteiger partial charge in [-0.15, -0.1) is 0 Å². The SMILES string of the molecule is CC(C)COCC(O)CNCC(C)C(C)(C)C. The number of aliphatic hydroxyl groups excluding tert-OH is 1. The molecule has 104 valence electrons. The fourth-order valence-corrected chi connectivity index (χ4v) is 1.27. The van der Waals surface area contributed by atoms with Crippen molar-refractivity contribution in [3.05, 3.63) is 0 Å². The predicted octanol–water partition coefficient (Wildman–Crippen LogP) is 2.29. The van der Waals surface area contributed by atoms with Crippen molar-refractivity contribution >= 4 is 0 Å². The number of hydrogen-bond donors (Lipinski definition) is 2. The van der Waals surface area contributed by atoms with Crippen molar-refractivity contribution in [3.8, 4) is 0 Å². The molecule has 0 radical (unpaired) electrons. The lowest BCUT2D eigenvalue weighted by Gasteiger charge is -2.27. The van der Waals surface area contributed by atoms with E-state index < -0.39 is 6.10 Å². The quantitative estimate of drug-likeness (QED) is 0.689. The Hall–Kier alpha value is -0.120. The molecule has 0 bridgehead atoms. The average molecular weight is 245 g/mol. The van der Waals surface area contributed by atoms with Gasteiger partial charge in [0.1, 0.15) is 0 Å². The maximum absolute atomic E-state index is 9.69.